The van der Waals surface area contributed by atoms with E-state index in [9.17, 15) is 14.0 Å². The van der Waals surface area contributed by atoms with Crippen molar-refractivity contribution in [3.8, 4) is 0 Å². The van der Waals surface area contributed by atoms with E-state index in [1.807, 2.05) is 0 Å². The second-order valence-electron chi connectivity index (χ2n) is 8.65. The summed E-state index contributed by atoms with van der Waals surface area (Å²) >= 11 is 1.37. The summed E-state index contributed by atoms with van der Waals surface area (Å²) in [6, 6.07) is 6.10. The number of rotatable bonds is 7. The molecule has 1 aromatic rings. The molecule has 3 aliphatic rings. The Morgan fingerprint density at radius 1 is 1.15 bits per heavy atom. The predicted molar refractivity (Wildman–Crippen MR) is 135 cm³/mol. The van der Waals surface area contributed by atoms with Crippen molar-refractivity contribution in [2.75, 3.05) is 45.9 Å². The lowest BCUT2D eigenvalue weighted by molar-refractivity contribution is -0.126. The van der Waals surface area contributed by atoms with Gasteiger partial charge in [0.1, 0.15) is 5.82 Å². The van der Waals surface area contributed by atoms with Crippen molar-refractivity contribution in [3.05, 3.63) is 47.3 Å². The zero-order chi connectivity index (χ0) is 21.8. The number of carbonyl (C=O) groups excluding carboxylic acids is 2. The van der Waals surface area contributed by atoms with Crippen LogP contribution in [0, 0.1) is 11.7 Å². The van der Waals surface area contributed by atoms with Gasteiger partial charge >= 0.3 is 0 Å². The maximum Gasteiger partial charge on any atom is 0.186 e. The lowest BCUT2D eigenvalue weighted by atomic mass is 9.93. The molecule has 4 rings (SSSR count). The van der Waals surface area contributed by atoms with E-state index in [1.54, 1.807) is 25.1 Å². The monoisotopic (exact) mass is 518 g/mol. The number of hydrogen-bond donors (Lipinski definition) is 0. The van der Waals surface area contributed by atoms with Crippen LogP contribution in [-0.2, 0) is 14.3 Å². The minimum Gasteiger partial charge on any atom is -0.379 e. The van der Waals surface area contributed by atoms with Crippen LogP contribution >= 0.6 is 36.6 Å². The summed E-state index contributed by atoms with van der Waals surface area (Å²) in [7, 11) is 0. The number of thioether (sulfide) groups is 1. The molecule has 2 heterocycles. The molecule has 0 amide bonds. The molecule has 33 heavy (non-hydrogen) atoms. The van der Waals surface area contributed by atoms with Crippen molar-refractivity contribution >= 4 is 47.5 Å². The normalized spacial score (nSPS) is 23.9. The molecule has 2 unspecified atom stereocenters. The molecule has 1 aliphatic carbocycles. The number of ketones is 1. The van der Waals surface area contributed by atoms with Gasteiger partial charge in [-0.1, -0.05) is 36.0 Å². The Morgan fingerprint density at radius 3 is 2.48 bits per heavy atom. The molecule has 0 aromatic heterocycles. The number of halogens is 3. The van der Waals surface area contributed by atoms with Gasteiger partial charge in [-0.15, -0.1) is 24.8 Å². The van der Waals surface area contributed by atoms with Gasteiger partial charge in [0, 0.05) is 56.4 Å². The van der Waals surface area contributed by atoms with Crippen LogP contribution < -0.4 is 0 Å². The molecule has 2 saturated heterocycles. The Bertz CT molecular complexity index is 847. The van der Waals surface area contributed by atoms with Crippen LogP contribution in [0.15, 0.2) is 35.9 Å². The van der Waals surface area contributed by atoms with Crippen molar-refractivity contribution in [3.63, 3.8) is 0 Å². The minimum atomic E-state index is -0.552. The SMILES string of the molecule is CC(=O)SC1CCN(C(C(=O)C2CC2)c2ccccc2F)C/C1=C/CN1CCOCC1.Cl.Cl. The molecule has 1 saturated carbocycles. The third kappa shape index (κ3) is 7.51. The maximum atomic E-state index is 14.7. The Balaban J connectivity index is 0.00000193. The smallest absolute Gasteiger partial charge is 0.186 e. The minimum absolute atomic E-state index is 0. The van der Waals surface area contributed by atoms with E-state index in [0.717, 1.165) is 52.1 Å². The van der Waals surface area contributed by atoms with Crippen molar-refractivity contribution in [1.29, 1.82) is 0 Å². The fraction of sp³-hybridized carbons (Fsp3) is 0.583. The maximum absolute atomic E-state index is 14.7. The molecular formula is C24H33Cl2FN2O3S. The van der Waals surface area contributed by atoms with Crippen molar-refractivity contribution < 1.29 is 18.7 Å². The summed E-state index contributed by atoms with van der Waals surface area (Å²) < 4.78 is 20.2. The van der Waals surface area contributed by atoms with Gasteiger partial charge in [0.15, 0.2) is 10.9 Å². The lowest BCUT2D eigenvalue weighted by Gasteiger charge is -2.39. The Hall–Kier alpha value is -0.960. The summed E-state index contributed by atoms with van der Waals surface area (Å²) in [6.07, 6.45) is 4.81. The highest BCUT2D eigenvalue weighted by atomic mass is 35.5. The standard InChI is InChI=1S/C24H31FN2O3S.2ClH/c1-17(28)31-22-9-11-27(16-19(22)8-10-26-12-14-30-15-13-26)23(24(29)18-6-7-18)20-4-2-3-5-21(20)25;;/h2-5,8,18,22-23H,6-7,9-16H2,1H3;2*1H/b19-8-;;. The fourth-order valence-corrected chi connectivity index (χ4v) is 5.43. The number of Topliss-reactive ketones (excluding diaryl/α,β-unsaturated/α-hetero) is 1. The van der Waals surface area contributed by atoms with Crippen LogP contribution in [0.2, 0.25) is 0 Å². The number of benzene rings is 1. The molecule has 1 aromatic carbocycles. The van der Waals surface area contributed by atoms with Gasteiger partial charge in [-0.2, -0.15) is 0 Å². The van der Waals surface area contributed by atoms with Gasteiger partial charge < -0.3 is 4.74 Å². The summed E-state index contributed by atoms with van der Waals surface area (Å²) in [6.45, 7) is 6.96. The van der Waals surface area contributed by atoms with Crippen molar-refractivity contribution in [2.24, 2.45) is 5.92 Å². The number of hydrogen-bond acceptors (Lipinski definition) is 6. The van der Waals surface area contributed by atoms with Crippen LogP contribution in [0.25, 0.3) is 0 Å². The van der Waals surface area contributed by atoms with Crippen molar-refractivity contribution in [2.45, 2.75) is 37.5 Å². The molecule has 0 spiro atoms. The van der Waals surface area contributed by atoms with Gasteiger partial charge in [0.05, 0.1) is 19.3 Å². The van der Waals surface area contributed by atoms with E-state index < -0.39 is 6.04 Å². The number of likely N-dealkylation sites (tertiary alicyclic amines) is 1. The second kappa shape index (κ2) is 13.2. The lowest BCUT2D eigenvalue weighted by Crippen LogP contribution is -2.43. The van der Waals surface area contributed by atoms with Crippen LogP contribution in [0.3, 0.4) is 0 Å². The van der Waals surface area contributed by atoms with E-state index in [1.165, 1.54) is 23.4 Å². The van der Waals surface area contributed by atoms with E-state index in [0.29, 0.717) is 18.7 Å². The average Bonchev–Trinajstić information content (AvgIpc) is 3.61. The van der Waals surface area contributed by atoms with Crippen LogP contribution in [-0.4, -0.2) is 71.9 Å². The first kappa shape index (κ1) is 28.3. The number of ether oxygens (including phenoxy) is 1. The number of morpholine rings is 1. The zero-order valence-electron chi connectivity index (χ0n) is 18.9. The van der Waals surface area contributed by atoms with E-state index >= 15 is 0 Å². The number of carbonyl (C=O) groups is 2. The third-order valence-corrected chi connectivity index (χ3v) is 7.47. The topological polar surface area (TPSA) is 49.9 Å². The largest absolute Gasteiger partial charge is 0.379 e. The molecule has 0 bridgehead atoms. The van der Waals surface area contributed by atoms with Gasteiger partial charge in [-0.3, -0.25) is 19.4 Å². The highest BCUT2D eigenvalue weighted by Crippen LogP contribution is 2.40. The quantitative estimate of drug-likeness (QED) is 0.501. The zero-order valence-corrected chi connectivity index (χ0v) is 21.4. The Kier molecular flexibility index (Phi) is 11.3. The molecule has 5 nitrogen and oxygen atoms in total. The van der Waals surface area contributed by atoms with Gasteiger partial charge in [0.2, 0.25) is 0 Å². The van der Waals surface area contributed by atoms with Crippen molar-refractivity contribution in [1.82, 2.24) is 9.80 Å². The van der Waals surface area contributed by atoms with Gasteiger partial charge in [-0.25, -0.2) is 4.39 Å². The predicted octanol–water partition coefficient (Wildman–Crippen LogP) is 4.30. The summed E-state index contributed by atoms with van der Waals surface area (Å²) in [5.74, 6) is -0.134. The molecule has 2 atom stereocenters. The average molecular weight is 520 g/mol. The summed E-state index contributed by atoms with van der Waals surface area (Å²) in [5, 5.41) is 0.225. The first-order chi connectivity index (χ1) is 15.0. The summed E-state index contributed by atoms with van der Waals surface area (Å²) in [4.78, 5) is 29.5. The van der Waals surface area contributed by atoms with Crippen LogP contribution in [0.1, 0.15) is 37.8 Å². The Labute approximate surface area is 212 Å². The molecule has 2 aliphatic heterocycles. The molecule has 3 fully saturated rings. The third-order valence-electron chi connectivity index (χ3n) is 6.32. The van der Waals surface area contributed by atoms with E-state index in [4.69, 9.17) is 4.74 Å². The van der Waals surface area contributed by atoms with Crippen LogP contribution in [0.4, 0.5) is 4.39 Å². The Morgan fingerprint density at radius 2 is 1.85 bits per heavy atom. The number of piperidine rings is 1. The highest BCUT2D eigenvalue weighted by molar-refractivity contribution is 8.14. The fourth-order valence-electron chi connectivity index (χ4n) is 4.48. The highest BCUT2D eigenvalue weighted by Gasteiger charge is 2.41. The molecule has 9 heteroatoms. The van der Waals surface area contributed by atoms with E-state index in [2.05, 4.69) is 15.9 Å². The first-order valence-electron chi connectivity index (χ1n) is 11.2. The van der Waals surface area contributed by atoms with Gasteiger partial charge in [-0.05, 0) is 30.9 Å². The molecule has 184 valence electrons. The molecule has 0 radical (unpaired) electrons. The van der Waals surface area contributed by atoms with Crippen LogP contribution in [0.5, 0.6) is 0 Å². The van der Waals surface area contributed by atoms with E-state index in [-0.39, 0.29) is 52.7 Å². The van der Waals surface area contributed by atoms with Gasteiger partial charge in [0.25, 0.3) is 0 Å². The summed E-state index contributed by atoms with van der Waals surface area (Å²) in [5.41, 5.74) is 1.65. The second-order valence-corrected chi connectivity index (χ2v) is 10.0. The molecular weight excluding hydrogens is 486 g/mol. The molecule has 0 N–H and O–H groups in total. The first-order valence-corrected chi connectivity index (χ1v) is 12.1. The number of nitrogens with zero attached hydrogens (tertiary/aromatic N) is 2.